The number of carboxylic acid groups (broad SMARTS) is 1. The van der Waals surface area contributed by atoms with E-state index in [1.165, 1.54) is 0 Å². The number of benzene rings is 1. The van der Waals surface area contributed by atoms with Crippen molar-refractivity contribution < 1.29 is 28.7 Å². The predicted molar refractivity (Wildman–Crippen MR) is 110 cm³/mol. The van der Waals surface area contributed by atoms with Crippen LogP contribution in [0.3, 0.4) is 0 Å². The monoisotopic (exact) mass is 429 g/mol. The average molecular weight is 429 g/mol. The number of nitrogens with one attached hydrogen (secondary N) is 1. The standard InChI is InChI=1S/C19H32N3O6P/c1-13(2)18(22-17(23)15(21)12-14-8-4-3-5-9-14)29(26,27)28-16(19(24)25)10-6-7-11-20/h3-5,8-9,13,15-16,18H,6-7,10-12,20-21H2,1-2H3,(H,22,23)(H,24,25)(H,26,27)/t15-,16-,18?/m1/s1. The van der Waals surface area contributed by atoms with Crippen LogP contribution in [0.5, 0.6) is 0 Å². The van der Waals surface area contributed by atoms with Gasteiger partial charge in [0.2, 0.25) is 5.91 Å². The number of rotatable bonds is 13. The maximum absolute atomic E-state index is 12.8. The summed E-state index contributed by atoms with van der Waals surface area (Å²) >= 11 is 0. The largest absolute Gasteiger partial charge is 0.479 e. The van der Waals surface area contributed by atoms with Crippen LogP contribution in [0.2, 0.25) is 0 Å². The lowest BCUT2D eigenvalue weighted by Crippen LogP contribution is -2.48. The van der Waals surface area contributed by atoms with E-state index in [0.717, 1.165) is 5.56 Å². The van der Waals surface area contributed by atoms with Gasteiger partial charge < -0.3 is 26.8 Å². The molecule has 4 atom stereocenters. The van der Waals surface area contributed by atoms with Crippen LogP contribution in [-0.4, -0.2) is 46.3 Å². The van der Waals surface area contributed by atoms with Gasteiger partial charge in [-0.05, 0) is 43.7 Å². The SMILES string of the molecule is CC(C)C(NC(=O)[C@H](N)Cc1ccccc1)P(=O)(O)O[C@H](CCCCN)C(=O)O. The number of carbonyl (C=O) groups excluding carboxylic acids is 1. The van der Waals surface area contributed by atoms with Gasteiger partial charge in [0.1, 0.15) is 5.78 Å². The van der Waals surface area contributed by atoms with Gasteiger partial charge in [0.25, 0.3) is 0 Å². The lowest BCUT2D eigenvalue weighted by molar-refractivity contribution is -0.145. The van der Waals surface area contributed by atoms with E-state index in [1.54, 1.807) is 13.8 Å². The Morgan fingerprint density at radius 2 is 1.83 bits per heavy atom. The van der Waals surface area contributed by atoms with Crippen molar-refractivity contribution in [1.82, 2.24) is 5.32 Å². The van der Waals surface area contributed by atoms with E-state index in [1.807, 2.05) is 30.3 Å². The second kappa shape index (κ2) is 12.0. The first-order valence-electron chi connectivity index (χ1n) is 9.62. The van der Waals surface area contributed by atoms with E-state index >= 15 is 0 Å². The molecule has 0 aliphatic carbocycles. The van der Waals surface area contributed by atoms with Crippen molar-refractivity contribution in [3.05, 3.63) is 35.9 Å². The molecule has 29 heavy (non-hydrogen) atoms. The molecule has 10 heteroatoms. The summed E-state index contributed by atoms with van der Waals surface area (Å²) in [7, 11) is -4.49. The van der Waals surface area contributed by atoms with Gasteiger partial charge in [0.05, 0.1) is 6.04 Å². The zero-order valence-corrected chi connectivity index (χ0v) is 17.8. The molecule has 2 unspecified atom stereocenters. The fraction of sp³-hybridized carbons (Fsp3) is 0.579. The van der Waals surface area contributed by atoms with Gasteiger partial charge in [-0.15, -0.1) is 0 Å². The molecule has 0 aromatic heterocycles. The third-order valence-electron chi connectivity index (χ3n) is 4.38. The Morgan fingerprint density at radius 3 is 2.34 bits per heavy atom. The summed E-state index contributed by atoms with van der Waals surface area (Å²) in [6, 6.07) is 8.21. The minimum absolute atomic E-state index is 0.0450. The number of hydrogen-bond acceptors (Lipinski definition) is 6. The quantitative estimate of drug-likeness (QED) is 0.232. The molecule has 0 radical (unpaired) electrons. The summed E-state index contributed by atoms with van der Waals surface area (Å²) < 4.78 is 17.9. The molecule has 0 aliphatic heterocycles. The first kappa shape index (κ1) is 25.3. The Labute approximate surface area is 171 Å². The van der Waals surface area contributed by atoms with Crippen LogP contribution in [0, 0.1) is 5.92 Å². The maximum atomic E-state index is 12.8. The smallest absolute Gasteiger partial charge is 0.351 e. The number of carbonyl (C=O) groups is 2. The van der Waals surface area contributed by atoms with E-state index in [-0.39, 0.29) is 12.8 Å². The van der Waals surface area contributed by atoms with Crippen LogP contribution in [-0.2, 0) is 25.1 Å². The molecular weight excluding hydrogens is 397 g/mol. The summed E-state index contributed by atoms with van der Waals surface area (Å²) in [5.41, 5.74) is 12.2. The third-order valence-corrected chi connectivity index (χ3v) is 6.37. The maximum Gasteiger partial charge on any atom is 0.351 e. The highest BCUT2D eigenvalue weighted by atomic mass is 31.2. The summed E-state index contributed by atoms with van der Waals surface area (Å²) in [5.74, 6) is -3.73. The van der Waals surface area contributed by atoms with Crippen molar-refractivity contribution in [3.63, 3.8) is 0 Å². The van der Waals surface area contributed by atoms with Crippen molar-refractivity contribution >= 4 is 19.5 Å². The highest BCUT2D eigenvalue weighted by Crippen LogP contribution is 2.50. The van der Waals surface area contributed by atoms with Gasteiger partial charge in [-0.2, -0.15) is 0 Å². The highest BCUT2D eigenvalue weighted by molar-refractivity contribution is 7.53. The number of amides is 1. The number of aliphatic carboxylic acids is 1. The van der Waals surface area contributed by atoms with Crippen LogP contribution in [0.1, 0.15) is 38.7 Å². The molecule has 0 bridgehead atoms. The van der Waals surface area contributed by atoms with Gasteiger partial charge in [0.15, 0.2) is 6.10 Å². The van der Waals surface area contributed by atoms with Crippen molar-refractivity contribution in [2.75, 3.05) is 6.54 Å². The molecule has 164 valence electrons. The summed E-state index contributed by atoms with van der Waals surface area (Å²) in [5, 5.41) is 11.8. The Bertz CT molecular complexity index is 700. The molecule has 0 aliphatic rings. The number of carboxylic acids is 1. The second-order valence-corrected chi connectivity index (χ2v) is 9.17. The fourth-order valence-electron chi connectivity index (χ4n) is 2.78. The van der Waals surface area contributed by atoms with Gasteiger partial charge in [-0.1, -0.05) is 44.2 Å². The van der Waals surface area contributed by atoms with E-state index in [9.17, 15) is 24.2 Å². The highest BCUT2D eigenvalue weighted by Gasteiger charge is 2.40. The first-order valence-corrected chi connectivity index (χ1v) is 11.3. The number of hydrogen-bond donors (Lipinski definition) is 5. The van der Waals surface area contributed by atoms with Crippen molar-refractivity contribution in [1.29, 1.82) is 0 Å². The van der Waals surface area contributed by atoms with Crippen molar-refractivity contribution in [3.8, 4) is 0 Å². The van der Waals surface area contributed by atoms with Crippen molar-refractivity contribution in [2.24, 2.45) is 17.4 Å². The van der Waals surface area contributed by atoms with Gasteiger partial charge >= 0.3 is 13.6 Å². The Balaban J connectivity index is 2.83. The average Bonchev–Trinajstić information content (AvgIpc) is 2.65. The van der Waals surface area contributed by atoms with Crippen LogP contribution in [0.25, 0.3) is 0 Å². The van der Waals surface area contributed by atoms with Crippen LogP contribution < -0.4 is 16.8 Å². The molecule has 0 saturated carbocycles. The minimum Gasteiger partial charge on any atom is -0.479 e. The van der Waals surface area contributed by atoms with E-state index in [0.29, 0.717) is 19.4 Å². The molecular formula is C19H32N3O6P. The van der Waals surface area contributed by atoms with Crippen LogP contribution in [0.4, 0.5) is 0 Å². The van der Waals surface area contributed by atoms with E-state index in [2.05, 4.69) is 5.32 Å². The van der Waals surface area contributed by atoms with Crippen LogP contribution >= 0.6 is 7.60 Å². The Hall–Kier alpha value is -1.77. The molecule has 0 saturated heterocycles. The summed E-state index contributed by atoms with van der Waals surface area (Å²) in [4.78, 5) is 34.3. The molecule has 1 aromatic carbocycles. The van der Waals surface area contributed by atoms with Crippen LogP contribution in [0.15, 0.2) is 30.3 Å². The number of unbranched alkanes of at least 4 members (excludes halogenated alkanes) is 1. The van der Waals surface area contributed by atoms with Crippen molar-refractivity contribution in [2.45, 2.75) is 57.5 Å². The lowest BCUT2D eigenvalue weighted by atomic mass is 10.1. The third kappa shape index (κ3) is 8.64. The number of nitrogens with two attached hydrogens (primary N) is 2. The molecule has 7 N–H and O–H groups in total. The first-order chi connectivity index (χ1) is 13.6. The Kier molecular flexibility index (Phi) is 10.5. The van der Waals surface area contributed by atoms with Gasteiger partial charge in [0, 0.05) is 0 Å². The molecule has 1 aromatic rings. The summed E-state index contributed by atoms with van der Waals surface area (Å²) in [6.45, 7) is 3.64. The molecule has 0 fully saturated rings. The van der Waals surface area contributed by atoms with E-state index < -0.39 is 43.3 Å². The Morgan fingerprint density at radius 1 is 1.21 bits per heavy atom. The minimum atomic E-state index is -4.49. The molecule has 1 rings (SSSR count). The van der Waals surface area contributed by atoms with Gasteiger partial charge in [-0.3, -0.25) is 13.9 Å². The molecule has 0 spiro atoms. The predicted octanol–water partition coefficient (Wildman–Crippen LogP) is 1.44. The molecule has 1 amide bonds. The molecule has 0 heterocycles. The topological polar surface area (TPSA) is 165 Å². The van der Waals surface area contributed by atoms with E-state index in [4.69, 9.17) is 16.0 Å². The lowest BCUT2D eigenvalue weighted by Gasteiger charge is -2.29. The zero-order valence-electron chi connectivity index (χ0n) is 16.9. The van der Waals surface area contributed by atoms with Gasteiger partial charge in [-0.25, -0.2) is 4.79 Å². The summed E-state index contributed by atoms with van der Waals surface area (Å²) in [6.07, 6.45) is -0.155. The molecule has 9 nitrogen and oxygen atoms in total. The zero-order chi connectivity index (χ0) is 22.0. The second-order valence-electron chi connectivity index (χ2n) is 7.27. The fourth-order valence-corrected chi connectivity index (χ4v) is 4.52. The normalized spacial score (nSPS) is 16.6.